The minimum atomic E-state index is -0.742. The molecule has 0 radical (unpaired) electrons. The van der Waals surface area contributed by atoms with Gasteiger partial charge in [0, 0.05) is 88.0 Å². The van der Waals surface area contributed by atoms with Crippen molar-refractivity contribution in [1.82, 2.24) is 29.4 Å². The summed E-state index contributed by atoms with van der Waals surface area (Å²) in [6, 6.07) is 18.9. The number of nitrogens with zero attached hydrogens (tertiary/aromatic N) is 6. The lowest BCUT2D eigenvalue weighted by atomic mass is 10.1. The number of piperazine rings is 2. The molecule has 6 aromatic rings. The molecule has 3 N–H and O–H groups in total. The van der Waals surface area contributed by atoms with Crippen LogP contribution in [0.4, 0.5) is 20.2 Å². The fourth-order valence-electron chi connectivity index (χ4n) is 6.30. The number of phenolic OH excluding ortho intramolecular Hbond substituents is 1. The largest absolute Gasteiger partial charge is 0.505 e. The second kappa shape index (κ2) is 15.2. The molecule has 268 valence electrons. The van der Waals surface area contributed by atoms with Gasteiger partial charge in [-0.05, 0) is 67.6 Å². The third-order valence-electron chi connectivity index (χ3n) is 9.02. The highest BCUT2D eigenvalue weighted by Crippen LogP contribution is 2.26. The van der Waals surface area contributed by atoms with Crippen LogP contribution in [0.3, 0.4) is 0 Å². The predicted octanol–water partition coefficient (Wildman–Crippen LogP) is 3.92. The Morgan fingerprint density at radius 2 is 1.15 bits per heavy atom. The Bertz CT molecular complexity index is 2350. The van der Waals surface area contributed by atoms with Gasteiger partial charge in [0.1, 0.15) is 11.3 Å². The summed E-state index contributed by atoms with van der Waals surface area (Å²) < 4.78 is 36.0. The van der Waals surface area contributed by atoms with E-state index >= 15 is 0 Å². The van der Waals surface area contributed by atoms with Crippen molar-refractivity contribution in [3.05, 3.63) is 118 Å². The molecule has 14 heteroatoms. The second-order valence-electron chi connectivity index (χ2n) is 12.4. The number of pyridine rings is 2. The van der Waals surface area contributed by atoms with Crippen LogP contribution in [0.2, 0.25) is 0 Å². The highest BCUT2D eigenvalue weighted by Gasteiger charge is 2.15. The normalized spacial score (nSPS) is 14.7. The number of aromatic hydroxyl groups is 1. The van der Waals surface area contributed by atoms with Crippen LogP contribution in [0.15, 0.2) is 94.8 Å². The van der Waals surface area contributed by atoms with E-state index in [9.17, 15) is 23.5 Å². The van der Waals surface area contributed by atoms with Gasteiger partial charge in [0.05, 0.1) is 29.4 Å². The van der Waals surface area contributed by atoms with Crippen LogP contribution in [-0.2, 0) is 0 Å². The molecule has 0 atom stereocenters. The molecule has 2 aliphatic rings. The summed E-state index contributed by atoms with van der Waals surface area (Å²) >= 11 is 0. The molecule has 12 nitrogen and oxygen atoms in total. The number of phenols is 1. The SMILES string of the molecule is CCOc1ccc(-c2cc(=O)n3cc(N4CCNCC4)ccc3n2)cc1F.O=c1cc(-c2ccc(O)c(F)c2)nc2ccc(N3CCNCC3)cn12. The van der Waals surface area contributed by atoms with Crippen molar-refractivity contribution in [2.24, 2.45) is 0 Å². The summed E-state index contributed by atoms with van der Waals surface area (Å²) in [5.74, 6) is -1.44. The van der Waals surface area contributed by atoms with Crippen molar-refractivity contribution < 1.29 is 18.6 Å². The number of hydrogen-bond acceptors (Lipinski definition) is 10. The topological polar surface area (TPSA) is 129 Å². The van der Waals surface area contributed by atoms with Crippen LogP contribution in [0.1, 0.15) is 6.92 Å². The maximum Gasteiger partial charge on any atom is 0.258 e. The lowest BCUT2D eigenvalue weighted by Crippen LogP contribution is -2.43. The molecule has 4 aromatic heterocycles. The van der Waals surface area contributed by atoms with Gasteiger partial charge in [-0.3, -0.25) is 18.4 Å². The van der Waals surface area contributed by atoms with Gasteiger partial charge < -0.3 is 30.3 Å². The lowest BCUT2D eigenvalue weighted by Gasteiger charge is -2.29. The number of benzene rings is 2. The van der Waals surface area contributed by atoms with E-state index in [0.717, 1.165) is 63.7 Å². The molecule has 6 heterocycles. The van der Waals surface area contributed by atoms with E-state index in [2.05, 4.69) is 30.4 Å². The quantitative estimate of drug-likeness (QED) is 0.234. The van der Waals surface area contributed by atoms with Crippen molar-refractivity contribution in [1.29, 1.82) is 0 Å². The zero-order valence-electron chi connectivity index (χ0n) is 28.6. The van der Waals surface area contributed by atoms with Crippen LogP contribution in [-0.4, -0.2) is 82.8 Å². The van der Waals surface area contributed by atoms with E-state index in [1.807, 2.05) is 24.4 Å². The summed E-state index contributed by atoms with van der Waals surface area (Å²) in [7, 11) is 0. The number of aromatic nitrogens is 4. The van der Waals surface area contributed by atoms with E-state index in [4.69, 9.17) is 4.74 Å². The second-order valence-corrected chi connectivity index (χ2v) is 12.4. The molecule has 0 amide bonds. The number of anilines is 2. The molecule has 8 rings (SSSR count). The van der Waals surface area contributed by atoms with Crippen molar-refractivity contribution in [3.63, 3.8) is 0 Å². The zero-order chi connectivity index (χ0) is 36.2. The van der Waals surface area contributed by atoms with Gasteiger partial charge in [-0.15, -0.1) is 0 Å². The van der Waals surface area contributed by atoms with Gasteiger partial charge in [0.15, 0.2) is 23.1 Å². The first kappa shape index (κ1) is 34.6. The molecule has 2 fully saturated rings. The average molecular weight is 709 g/mol. The van der Waals surface area contributed by atoms with E-state index in [-0.39, 0.29) is 16.9 Å². The smallest absolute Gasteiger partial charge is 0.258 e. The minimum Gasteiger partial charge on any atom is -0.505 e. The average Bonchev–Trinajstić information content (AvgIpc) is 3.17. The van der Waals surface area contributed by atoms with Crippen LogP contribution in [0.5, 0.6) is 11.5 Å². The fraction of sp³-hybridized carbons (Fsp3) is 0.263. The van der Waals surface area contributed by atoms with Gasteiger partial charge >= 0.3 is 0 Å². The van der Waals surface area contributed by atoms with E-state index in [1.54, 1.807) is 31.3 Å². The van der Waals surface area contributed by atoms with Gasteiger partial charge in [-0.2, -0.15) is 0 Å². The van der Waals surface area contributed by atoms with E-state index in [1.165, 1.54) is 45.2 Å². The standard InChI is InChI=1S/C20H21FN4O2.C18H17FN4O2/c1-2-27-18-5-3-14(11-16(18)21)17-12-20(26)25-13-15(4-6-19(25)23-17)24-9-7-22-8-10-24;19-14-9-12(1-3-16(14)24)15-10-18(25)23-11-13(2-4-17(23)21-15)22-7-5-20-6-8-22/h3-6,11-13,22H,2,7-10H2,1H3;1-4,9-11,20,24H,5-8H2. The third kappa shape index (κ3) is 7.43. The first-order valence-electron chi connectivity index (χ1n) is 17.2. The molecule has 2 aromatic carbocycles. The molecule has 0 saturated carbocycles. The highest BCUT2D eigenvalue weighted by molar-refractivity contribution is 5.65. The number of ether oxygens (including phenoxy) is 1. The van der Waals surface area contributed by atoms with Gasteiger partial charge in [0.25, 0.3) is 11.1 Å². The first-order chi connectivity index (χ1) is 25.3. The molecule has 0 unspecified atom stereocenters. The molecular weight excluding hydrogens is 670 g/mol. The molecule has 2 saturated heterocycles. The summed E-state index contributed by atoms with van der Waals surface area (Å²) in [6.45, 7) is 9.44. The summed E-state index contributed by atoms with van der Waals surface area (Å²) in [4.78, 5) is 38.6. The number of hydrogen-bond donors (Lipinski definition) is 3. The summed E-state index contributed by atoms with van der Waals surface area (Å²) in [6.07, 6.45) is 3.61. The number of halogens is 2. The Hall–Kier alpha value is -5.86. The number of nitrogens with one attached hydrogen (secondary N) is 2. The van der Waals surface area contributed by atoms with Crippen molar-refractivity contribution in [3.8, 4) is 34.0 Å². The van der Waals surface area contributed by atoms with Crippen molar-refractivity contribution in [2.45, 2.75) is 6.92 Å². The molecule has 0 bridgehead atoms. The Labute approximate surface area is 297 Å². The molecule has 0 aliphatic carbocycles. The van der Waals surface area contributed by atoms with Crippen molar-refractivity contribution in [2.75, 3.05) is 68.8 Å². The Morgan fingerprint density at radius 1 is 0.673 bits per heavy atom. The Morgan fingerprint density at radius 3 is 1.62 bits per heavy atom. The number of rotatable bonds is 6. The van der Waals surface area contributed by atoms with Crippen LogP contribution in [0.25, 0.3) is 33.8 Å². The maximum absolute atomic E-state index is 14.1. The molecule has 0 spiro atoms. The van der Waals surface area contributed by atoms with Gasteiger partial charge in [-0.1, -0.05) is 0 Å². The fourth-order valence-corrected chi connectivity index (χ4v) is 6.30. The predicted molar refractivity (Wildman–Crippen MR) is 197 cm³/mol. The zero-order valence-corrected chi connectivity index (χ0v) is 28.6. The molecule has 52 heavy (non-hydrogen) atoms. The summed E-state index contributed by atoms with van der Waals surface area (Å²) in [5, 5.41) is 15.9. The highest BCUT2D eigenvalue weighted by atomic mass is 19.1. The Kier molecular flexibility index (Phi) is 10.1. The van der Waals surface area contributed by atoms with Gasteiger partial charge in [-0.25, -0.2) is 18.7 Å². The van der Waals surface area contributed by atoms with Crippen LogP contribution in [0, 0.1) is 11.6 Å². The van der Waals surface area contributed by atoms with E-state index in [0.29, 0.717) is 40.4 Å². The van der Waals surface area contributed by atoms with E-state index < -0.39 is 17.4 Å². The van der Waals surface area contributed by atoms with Crippen LogP contribution >= 0.6 is 0 Å². The summed E-state index contributed by atoms with van der Waals surface area (Å²) in [5.41, 5.74) is 4.37. The lowest BCUT2D eigenvalue weighted by molar-refractivity contribution is 0.321. The molecule has 2 aliphatic heterocycles. The maximum atomic E-state index is 14.1. The number of fused-ring (bicyclic) bond motifs is 2. The Balaban J connectivity index is 0.000000162. The van der Waals surface area contributed by atoms with Crippen molar-refractivity contribution >= 4 is 22.7 Å². The minimum absolute atomic E-state index is 0.193. The first-order valence-corrected chi connectivity index (χ1v) is 17.2. The monoisotopic (exact) mass is 708 g/mol. The third-order valence-corrected chi connectivity index (χ3v) is 9.02. The van der Waals surface area contributed by atoms with Crippen LogP contribution < -0.4 is 36.3 Å². The van der Waals surface area contributed by atoms with Gasteiger partial charge in [0.2, 0.25) is 0 Å². The molecular formula is C38H38F2N8O4.